The molecule has 88 valence electrons. The second kappa shape index (κ2) is 4.89. The molecule has 2 aromatic rings. The van der Waals surface area contributed by atoms with Gasteiger partial charge in [-0.05, 0) is 41.1 Å². The van der Waals surface area contributed by atoms with Gasteiger partial charge in [0.05, 0.1) is 10.7 Å². The number of aromatic nitrogens is 1. The Morgan fingerprint density at radius 2 is 2.29 bits per heavy atom. The normalized spacial score (nSPS) is 10.3. The van der Waals surface area contributed by atoms with Crippen molar-refractivity contribution < 1.29 is 9.21 Å². The smallest absolute Gasteiger partial charge is 0.301 e. The Labute approximate surface area is 111 Å². The van der Waals surface area contributed by atoms with E-state index < -0.39 is 0 Å². The summed E-state index contributed by atoms with van der Waals surface area (Å²) < 4.78 is 5.69. The molecule has 0 saturated heterocycles. The second-order valence-corrected chi connectivity index (χ2v) is 4.64. The maximum Gasteiger partial charge on any atom is 0.301 e. The molecule has 0 fully saturated rings. The number of rotatable bonds is 2. The zero-order valence-corrected chi connectivity index (χ0v) is 11.2. The molecule has 0 unspecified atom stereocenters. The SMILES string of the molecule is Cc1coc(NC(=O)c2ccc(Cl)c(Br)c2)n1. The van der Waals surface area contributed by atoms with E-state index in [-0.39, 0.29) is 11.9 Å². The van der Waals surface area contributed by atoms with Gasteiger partial charge in [0, 0.05) is 10.0 Å². The lowest BCUT2D eigenvalue weighted by molar-refractivity contribution is 0.102. The molecule has 17 heavy (non-hydrogen) atoms. The van der Waals surface area contributed by atoms with E-state index in [2.05, 4.69) is 26.2 Å². The molecule has 0 radical (unpaired) electrons. The molecule has 2 rings (SSSR count). The van der Waals surface area contributed by atoms with Gasteiger partial charge in [-0.1, -0.05) is 11.6 Å². The average Bonchev–Trinajstić information content (AvgIpc) is 2.68. The Morgan fingerprint density at radius 3 is 2.88 bits per heavy atom. The molecule has 1 aromatic heterocycles. The van der Waals surface area contributed by atoms with E-state index in [4.69, 9.17) is 16.0 Å². The average molecular weight is 316 g/mol. The van der Waals surface area contributed by atoms with E-state index in [1.807, 2.05) is 0 Å². The van der Waals surface area contributed by atoms with Crippen molar-refractivity contribution >= 4 is 39.5 Å². The first-order valence-corrected chi connectivity index (χ1v) is 5.92. The molecule has 1 aromatic carbocycles. The molecule has 1 amide bonds. The minimum atomic E-state index is -0.302. The highest BCUT2D eigenvalue weighted by atomic mass is 79.9. The molecule has 0 aliphatic heterocycles. The van der Waals surface area contributed by atoms with Gasteiger partial charge >= 0.3 is 6.01 Å². The van der Waals surface area contributed by atoms with Gasteiger partial charge in [0.2, 0.25) is 0 Å². The first-order valence-electron chi connectivity index (χ1n) is 4.75. The van der Waals surface area contributed by atoms with Crippen molar-refractivity contribution in [1.29, 1.82) is 0 Å². The van der Waals surface area contributed by atoms with Crippen LogP contribution in [0.25, 0.3) is 0 Å². The summed E-state index contributed by atoms with van der Waals surface area (Å²) in [4.78, 5) is 15.8. The van der Waals surface area contributed by atoms with Crippen LogP contribution in [-0.4, -0.2) is 10.9 Å². The summed E-state index contributed by atoms with van der Waals surface area (Å²) in [5.41, 5.74) is 1.18. The van der Waals surface area contributed by atoms with Gasteiger partial charge in [0.25, 0.3) is 5.91 Å². The number of oxazole rings is 1. The van der Waals surface area contributed by atoms with E-state index in [1.165, 1.54) is 6.26 Å². The summed E-state index contributed by atoms with van der Waals surface area (Å²) in [6.45, 7) is 1.78. The molecular formula is C11H8BrClN2O2. The Kier molecular flexibility index (Phi) is 3.49. The highest BCUT2D eigenvalue weighted by molar-refractivity contribution is 9.10. The largest absolute Gasteiger partial charge is 0.432 e. The standard InChI is InChI=1S/C11H8BrClN2O2/c1-6-5-17-11(14-6)15-10(16)7-2-3-9(13)8(12)4-7/h2-5H,1H3,(H,14,15,16). The quantitative estimate of drug-likeness (QED) is 0.920. The summed E-state index contributed by atoms with van der Waals surface area (Å²) in [6, 6.07) is 5.08. The number of carbonyl (C=O) groups excluding carboxylic acids is 1. The van der Waals surface area contributed by atoms with Crippen molar-refractivity contribution in [2.45, 2.75) is 6.92 Å². The third kappa shape index (κ3) is 2.87. The Morgan fingerprint density at radius 1 is 1.53 bits per heavy atom. The fourth-order valence-corrected chi connectivity index (χ4v) is 1.71. The molecular weight excluding hydrogens is 307 g/mol. The lowest BCUT2D eigenvalue weighted by atomic mass is 10.2. The van der Waals surface area contributed by atoms with Crippen molar-refractivity contribution in [3.8, 4) is 0 Å². The predicted molar refractivity (Wildman–Crippen MR) is 68.3 cm³/mol. The lowest BCUT2D eigenvalue weighted by Crippen LogP contribution is -2.12. The van der Waals surface area contributed by atoms with Crippen molar-refractivity contribution in [3.05, 3.63) is 45.2 Å². The number of aryl methyl sites for hydroxylation is 1. The third-order valence-electron chi connectivity index (χ3n) is 2.02. The van der Waals surface area contributed by atoms with E-state index in [0.29, 0.717) is 20.8 Å². The van der Waals surface area contributed by atoms with Crippen molar-refractivity contribution in [1.82, 2.24) is 4.98 Å². The fraction of sp³-hybridized carbons (Fsp3) is 0.0909. The number of hydrogen-bond donors (Lipinski definition) is 1. The number of halogens is 2. The molecule has 1 heterocycles. The summed E-state index contributed by atoms with van der Waals surface area (Å²) in [6.07, 6.45) is 1.47. The van der Waals surface area contributed by atoms with E-state index in [9.17, 15) is 4.79 Å². The summed E-state index contributed by atoms with van der Waals surface area (Å²) in [7, 11) is 0. The topological polar surface area (TPSA) is 55.1 Å². The van der Waals surface area contributed by atoms with Crippen LogP contribution in [0.5, 0.6) is 0 Å². The number of benzene rings is 1. The van der Waals surface area contributed by atoms with Crippen molar-refractivity contribution in [2.75, 3.05) is 5.32 Å². The second-order valence-electron chi connectivity index (χ2n) is 3.38. The molecule has 1 N–H and O–H groups in total. The maximum absolute atomic E-state index is 11.8. The van der Waals surface area contributed by atoms with Crippen LogP contribution in [0.3, 0.4) is 0 Å². The first kappa shape index (κ1) is 12.1. The van der Waals surface area contributed by atoms with Crippen LogP contribution in [0.1, 0.15) is 16.1 Å². The Balaban J connectivity index is 2.17. The van der Waals surface area contributed by atoms with Crippen LogP contribution in [-0.2, 0) is 0 Å². The lowest BCUT2D eigenvalue weighted by Gasteiger charge is -2.02. The molecule has 0 atom stereocenters. The minimum absolute atomic E-state index is 0.179. The van der Waals surface area contributed by atoms with Crippen LogP contribution in [0.15, 0.2) is 33.4 Å². The van der Waals surface area contributed by atoms with Gasteiger partial charge in [0.1, 0.15) is 6.26 Å². The molecule has 0 bridgehead atoms. The number of amides is 1. The predicted octanol–water partition coefficient (Wildman–Crippen LogP) is 3.65. The molecule has 0 aliphatic carbocycles. The van der Waals surface area contributed by atoms with Gasteiger partial charge in [-0.2, -0.15) is 4.98 Å². The van der Waals surface area contributed by atoms with Crippen molar-refractivity contribution in [2.24, 2.45) is 0 Å². The van der Waals surface area contributed by atoms with Gasteiger partial charge in [-0.15, -0.1) is 0 Å². The van der Waals surface area contributed by atoms with Crippen LogP contribution < -0.4 is 5.32 Å². The summed E-state index contributed by atoms with van der Waals surface area (Å²) >= 11 is 9.09. The fourth-order valence-electron chi connectivity index (χ4n) is 1.22. The maximum atomic E-state index is 11.8. The number of hydrogen-bond acceptors (Lipinski definition) is 3. The first-order chi connectivity index (χ1) is 8.06. The van der Waals surface area contributed by atoms with Crippen LogP contribution in [0.2, 0.25) is 5.02 Å². The molecule has 6 heteroatoms. The van der Waals surface area contributed by atoms with Gasteiger partial charge in [-0.25, -0.2) is 0 Å². The van der Waals surface area contributed by atoms with E-state index in [0.717, 1.165) is 0 Å². The van der Waals surface area contributed by atoms with Gasteiger partial charge < -0.3 is 4.42 Å². The molecule has 0 saturated carbocycles. The zero-order chi connectivity index (χ0) is 12.4. The van der Waals surface area contributed by atoms with Gasteiger partial charge in [0.15, 0.2) is 0 Å². The van der Waals surface area contributed by atoms with Gasteiger partial charge in [-0.3, -0.25) is 10.1 Å². The van der Waals surface area contributed by atoms with Crippen LogP contribution in [0, 0.1) is 6.92 Å². The Hall–Kier alpha value is -1.33. The molecule has 0 aliphatic rings. The van der Waals surface area contributed by atoms with Crippen molar-refractivity contribution in [3.63, 3.8) is 0 Å². The van der Waals surface area contributed by atoms with Crippen LogP contribution >= 0.6 is 27.5 Å². The van der Waals surface area contributed by atoms with E-state index >= 15 is 0 Å². The number of anilines is 1. The van der Waals surface area contributed by atoms with Crippen LogP contribution in [0.4, 0.5) is 6.01 Å². The molecule has 0 spiro atoms. The number of nitrogens with one attached hydrogen (secondary N) is 1. The molecule has 4 nitrogen and oxygen atoms in total. The number of nitrogens with zero attached hydrogens (tertiary/aromatic N) is 1. The summed E-state index contributed by atoms with van der Waals surface area (Å²) in [5.74, 6) is -0.302. The summed E-state index contributed by atoms with van der Waals surface area (Å²) in [5, 5.41) is 3.09. The highest BCUT2D eigenvalue weighted by Gasteiger charge is 2.10. The monoisotopic (exact) mass is 314 g/mol. The zero-order valence-electron chi connectivity index (χ0n) is 8.83. The van der Waals surface area contributed by atoms with E-state index in [1.54, 1.807) is 25.1 Å². The third-order valence-corrected chi connectivity index (χ3v) is 3.24. The highest BCUT2D eigenvalue weighted by Crippen LogP contribution is 2.23. The Bertz CT molecular complexity index is 568. The minimum Gasteiger partial charge on any atom is -0.432 e. The number of carbonyl (C=O) groups is 1.